The number of amides is 1. The number of thioether (sulfide) groups is 1. The molecule has 0 fully saturated rings. The summed E-state index contributed by atoms with van der Waals surface area (Å²) < 4.78 is 18.3. The summed E-state index contributed by atoms with van der Waals surface area (Å²) in [6.07, 6.45) is 1.73. The van der Waals surface area contributed by atoms with Gasteiger partial charge in [-0.25, -0.2) is 9.38 Å². The fourth-order valence-electron chi connectivity index (χ4n) is 2.65. The molecule has 1 aliphatic heterocycles. The second kappa shape index (κ2) is 7.77. The minimum absolute atomic E-state index is 0.276. The summed E-state index contributed by atoms with van der Waals surface area (Å²) >= 11 is 1.31. The molecule has 4 rings (SSSR count). The Hall–Kier alpha value is -3.26. The van der Waals surface area contributed by atoms with Gasteiger partial charge in [-0.3, -0.25) is 9.69 Å². The van der Waals surface area contributed by atoms with Crippen LogP contribution in [0, 0.1) is 12.7 Å². The Morgan fingerprint density at radius 3 is 2.57 bits per heavy atom. The summed E-state index contributed by atoms with van der Waals surface area (Å²) in [5.41, 5.74) is 1.72. The van der Waals surface area contributed by atoms with Crippen molar-refractivity contribution in [3.8, 4) is 0 Å². The van der Waals surface area contributed by atoms with E-state index in [-0.39, 0.29) is 11.7 Å². The molecular weight excluding hydrogens is 379 g/mol. The van der Waals surface area contributed by atoms with E-state index in [4.69, 9.17) is 4.52 Å². The molecule has 0 unspecified atom stereocenters. The van der Waals surface area contributed by atoms with Gasteiger partial charge in [0.1, 0.15) is 11.5 Å². The van der Waals surface area contributed by atoms with Gasteiger partial charge in [-0.15, -0.1) is 0 Å². The number of rotatable bonds is 4. The number of aliphatic imine (C=N–C) groups is 1. The van der Waals surface area contributed by atoms with Crippen LogP contribution in [-0.2, 0) is 10.5 Å². The van der Waals surface area contributed by atoms with Crippen LogP contribution in [-0.4, -0.2) is 21.2 Å². The van der Waals surface area contributed by atoms with Crippen molar-refractivity contribution < 1.29 is 13.7 Å². The molecule has 1 aliphatic rings. The Kier molecular flexibility index (Phi) is 5.03. The SMILES string of the molecule is Cc1nc(CSC2=NC(=Cc3ccccc3)C(=O)N2c2ccc(F)cc2)no1. The van der Waals surface area contributed by atoms with Gasteiger partial charge in [0.05, 0.1) is 11.4 Å². The molecule has 1 aromatic heterocycles. The molecule has 2 aromatic carbocycles. The number of carbonyl (C=O) groups is 1. The predicted molar refractivity (Wildman–Crippen MR) is 106 cm³/mol. The maximum atomic E-state index is 13.3. The number of amidine groups is 1. The average molecular weight is 394 g/mol. The van der Waals surface area contributed by atoms with Crippen LogP contribution in [0.3, 0.4) is 0 Å². The van der Waals surface area contributed by atoms with Crippen LogP contribution in [0.5, 0.6) is 0 Å². The molecule has 0 saturated carbocycles. The molecule has 8 heteroatoms. The van der Waals surface area contributed by atoms with E-state index in [1.165, 1.54) is 28.8 Å². The van der Waals surface area contributed by atoms with E-state index in [1.807, 2.05) is 30.3 Å². The van der Waals surface area contributed by atoms with E-state index in [0.717, 1.165) is 5.56 Å². The molecule has 28 heavy (non-hydrogen) atoms. The van der Waals surface area contributed by atoms with Crippen molar-refractivity contribution in [3.05, 3.63) is 83.4 Å². The second-order valence-electron chi connectivity index (χ2n) is 5.97. The third kappa shape index (κ3) is 3.86. The number of hydrogen-bond acceptors (Lipinski definition) is 6. The van der Waals surface area contributed by atoms with Crippen molar-refractivity contribution in [3.63, 3.8) is 0 Å². The molecule has 0 radical (unpaired) electrons. The van der Waals surface area contributed by atoms with Gasteiger partial charge in [0.25, 0.3) is 5.91 Å². The highest BCUT2D eigenvalue weighted by atomic mass is 32.2. The van der Waals surface area contributed by atoms with Gasteiger partial charge in [-0.05, 0) is 35.9 Å². The number of nitrogens with zero attached hydrogens (tertiary/aromatic N) is 4. The highest BCUT2D eigenvalue weighted by Crippen LogP contribution is 2.30. The quantitative estimate of drug-likeness (QED) is 0.621. The smallest absolute Gasteiger partial charge is 0.283 e. The highest BCUT2D eigenvalue weighted by Gasteiger charge is 2.32. The highest BCUT2D eigenvalue weighted by molar-refractivity contribution is 8.13. The first-order valence-corrected chi connectivity index (χ1v) is 9.46. The Morgan fingerprint density at radius 2 is 1.89 bits per heavy atom. The molecule has 6 nitrogen and oxygen atoms in total. The van der Waals surface area contributed by atoms with E-state index in [9.17, 15) is 9.18 Å². The fraction of sp³-hybridized carbons (Fsp3) is 0.100. The lowest BCUT2D eigenvalue weighted by Crippen LogP contribution is -2.30. The molecule has 1 amide bonds. The lowest BCUT2D eigenvalue weighted by Gasteiger charge is -2.17. The molecule has 0 saturated heterocycles. The van der Waals surface area contributed by atoms with E-state index in [0.29, 0.717) is 34.0 Å². The summed E-state index contributed by atoms with van der Waals surface area (Å²) in [6, 6.07) is 15.2. The largest absolute Gasteiger partial charge is 0.340 e. The zero-order valence-electron chi connectivity index (χ0n) is 14.9. The standard InChI is InChI=1S/C20H15FN4O2S/c1-13-22-18(24-27-13)12-28-20-23-17(11-14-5-3-2-4-6-14)19(26)25(20)16-9-7-15(21)8-10-16/h2-11H,12H2,1H3. The summed E-state index contributed by atoms with van der Waals surface area (Å²) in [5.74, 6) is 0.725. The van der Waals surface area contributed by atoms with Crippen LogP contribution in [0.4, 0.5) is 10.1 Å². The number of benzene rings is 2. The van der Waals surface area contributed by atoms with Gasteiger partial charge in [-0.2, -0.15) is 4.98 Å². The minimum Gasteiger partial charge on any atom is -0.340 e. The molecule has 0 atom stereocenters. The lowest BCUT2D eigenvalue weighted by molar-refractivity contribution is -0.113. The van der Waals surface area contributed by atoms with Crippen molar-refractivity contribution in [1.82, 2.24) is 10.1 Å². The average Bonchev–Trinajstić information content (AvgIpc) is 3.25. The number of carbonyl (C=O) groups excluding carboxylic acids is 1. The maximum absolute atomic E-state index is 13.3. The topological polar surface area (TPSA) is 71.6 Å². The third-order valence-corrected chi connectivity index (χ3v) is 4.85. The summed E-state index contributed by atoms with van der Waals surface area (Å²) in [6.45, 7) is 1.71. The van der Waals surface area contributed by atoms with E-state index in [1.54, 1.807) is 25.1 Å². The third-order valence-electron chi connectivity index (χ3n) is 3.92. The molecule has 140 valence electrons. The number of anilines is 1. The summed E-state index contributed by atoms with van der Waals surface area (Å²) in [5, 5.41) is 4.34. The zero-order valence-corrected chi connectivity index (χ0v) is 15.7. The normalized spacial score (nSPS) is 15.4. The van der Waals surface area contributed by atoms with Crippen LogP contribution >= 0.6 is 11.8 Å². The Bertz CT molecular complexity index is 1060. The van der Waals surface area contributed by atoms with E-state index in [2.05, 4.69) is 15.1 Å². The summed E-state index contributed by atoms with van der Waals surface area (Å²) in [7, 11) is 0. The predicted octanol–water partition coefficient (Wildman–Crippen LogP) is 4.19. The molecule has 3 aromatic rings. The van der Waals surface area contributed by atoms with E-state index < -0.39 is 0 Å². The van der Waals surface area contributed by atoms with Gasteiger partial charge in [0, 0.05) is 6.92 Å². The van der Waals surface area contributed by atoms with Gasteiger partial charge in [0.15, 0.2) is 11.0 Å². The van der Waals surface area contributed by atoms with Crippen LogP contribution in [0.2, 0.25) is 0 Å². The van der Waals surface area contributed by atoms with E-state index >= 15 is 0 Å². The van der Waals surface area contributed by atoms with Crippen molar-refractivity contribution in [2.75, 3.05) is 4.90 Å². The molecule has 0 N–H and O–H groups in total. The van der Waals surface area contributed by atoms with Crippen molar-refractivity contribution >= 4 is 34.6 Å². The molecule has 0 bridgehead atoms. The van der Waals surface area contributed by atoms with Crippen LogP contribution in [0.25, 0.3) is 6.08 Å². The fourth-order valence-corrected chi connectivity index (χ4v) is 3.50. The first-order valence-electron chi connectivity index (χ1n) is 8.47. The number of halogens is 1. The van der Waals surface area contributed by atoms with Crippen molar-refractivity contribution in [2.24, 2.45) is 4.99 Å². The van der Waals surface area contributed by atoms with Gasteiger partial charge in [0.2, 0.25) is 5.89 Å². The first kappa shape index (κ1) is 18.1. The number of aryl methyl sites for hydroxylation is 1. The lowest BCUT2D eigenvalue weighted by atomic mass is 10.2. The van der Waals surface area contributed by atoms with Crippen molar-refractivity contribution in [2.45, 2.75) is 12.7 Å². The summed E-state index contributed by atoms with van der Waals surface area (Å²) in [4.78, 5) is 23.1. The Morgan fingerprint density at radius 1 is 1.14 bits per heavy atom. The van der Waals surface area contributed by atoms with Gasteiger partial charge in [-0.1, -0.05) is 47.3 Å². The first-order chi connectivity index (χ1) is 13.6. The van der Waals surface area contributed by atoms with Crippen LogP contribution < -0.4 is 4.90 Å². The Labute approximate surface area is 164 Å². The van der Waals surface area contributed by atoms with Gasteiger partial charge < -0.3 is 4.52 Å². The monoisotopic (exact) mass is 394 g/mol. The zero-order chi connectivity index (χ0) is 19.5. The van der Waals surface area contributed by atoms with Crippen LogP contribution in [0.1, 0.15) is 17.3 Å². The minimum atomic E-state index is -0.371. The molecule has 2 heterocycles. The van der Waals surface area contributed by atoms with Gasteiger partial charge >= 0.3 is 0 Å². The Balaban J connectivity index is 1.66. The van der Waals surface area contributed by atoms with Crippen molar-refractivity contribution in [1.29, 1.82) is 0 Å². The second-order valence-corrected chi connectivity index (χ2v) is 6.91. The molecule has 0 spiro atoms. The maximum Gasteiger partial charge on any atom is 0.283 e. The molecular formula is C20H15FN4O2S. The molecule has 0 aliphatic carbocycles. The van der Waals surface area contributed by atoms with Crippen LogP contribution in [0.15, 0.2) is 69.8 Å². The number of aromatic nitrogens is 2. The number of hydrogen-bond donors (Lipinski definition) is 0.